The molecule has 1 aliphatic rings. The highest BCUT2D eigenvalue weighted by Crippen LogP contribution is 2.38. The second-order valence-corrected chi connectivity index (χ2v) is 8.68. The molecule has 2 aromatic rings. The summed E-state index contributed by atoms with van der Waals surface area (Å²) in [6.07, 6.45) is 2.17. The molecule has 0 saturated heterocycles. The van der Waals surface area contributed by atoms with Crippen LogP contribution in [0.4, 0.5) is 0 Å². The molecule has 0 aliphatic carbocycles. The molecule has 0 aromatic heterocycles. The van der Waals surface area contributed by atoms with E-state index in [4.69, 9.17) is 4.74 Å². The number of carbonyl (C=O) groups excluding carboxylic acids is 3. The van der Waals surface area contributed by atoms with Crippen LogP contribution in [-0.4, -0.2) is 35.8 Å². The lowest BCUT2D eigenvalue weighted by Crippen LogP contribution is -2.38. The van der Waals surface area contributed by atoms with Crippen molar-refractivity contribution in [3.05, 3.63) is 82.1 Å². The van der Waals surface area contributed by atoms with Gasteiger partial charge in [0.25, 0.3) is 5.91 Å². The van der Waals surface area contributed by atoms with Crippen molar-refractivity contribution >= 4 is 17.8 Å². The molecule has 34 heavy (non-hydrogen) atoms. The first-order chi connectivity index (χ1) is 16.3. The molecule has 180 valence electrons. The monoisotopic (exact) mass is 462 g/mol. The average Bonchev–Trinajstić information content (AvgIpc) is 2.82. The maximum atomic E-state index is 13.2. The average molecular weight is 463 g/mol. The van der Waals surface area contributed by atoms with Gasteiger partial charge in [0, 0.05) is 30.1 Å². The Bertz CT molecular complexity index is 1070. The first kappa shape index (κ1) is 25.2. The number of unbranched alkanes of at least 4 members (excludes halogenated alkanes) is 1. The molecule has 0 spiro atoms. The summed E-state index contributed by atoms with van der Waals surface area (Å²) >= 11 is 0. The summed E-state index contributed by atoms with van der Waals surface area (Å²) in [5, 5.41) is 2.91. The van der Waals surface area contributed by atoms with E-state index >= 15 is 0 Å². The number of nitrogens with zero attached hydrogens (tertiary/aromatic N) is 1. The Morgan fingerprint density at radius 1 is 1.09 bits per heavy atom. The number of esters is 1. The highest BCUT2D eigenvalue weighted by Gasteiger charge is 2.36. The molecule has 6 nitrogen and oxygen atoms in total. The van der Waals surface area contributed by atoms with E-state index in [1.54, 1.807) is 24.0 Å². The summed E-state index contributed by atoms with van der Waals surface area (Å²) in [5.74, 6) is -0.867. The summed E-state index contributed by atoms with van der Waals surface area (Å²) in [6.45, 7) is 8.91. The molecule has 0 bridgehead atoms. The number of ether oxygens (including phenoxy) is 1. The van der Waals surface area contributed by atoms with Gasteiger partial charge >= 0.3 is 5.97 Å². The van der Waals surface area contributed by atoms with Crippen LogP contribution < -0.4 is 5.32 Å². The maximum absolute atomic E-state index is 13.2. The van der Waals surface area contributed by atoms with Crippen LogP contribution in [0.1, 0.15) is 73.0 Å². The van der Waals surface area contributed by atoms with E-state index < -0.39 is 0 Å². The Morgan fingerprint density at radius 3 is 2.47 bits per heavy atom. The third-order valence-corrected chi connectivity index (χ3v) is 6.14. The van der Waals surface area contributed by atoms with Crippen LogP contribution in [0, 0.1) is 6.92 Å². The fourth-order valence-electron chi connectivity index (χ4n) is 4.27. The normalized spacial score (nSPS) is 15.9. The molecule has 3 rings (SSSR count). The molecule has 1 atom stereocenters. The van der Waals surface area contributed by atoms with E-state index in [1.807, 2.05) is 50.2 Å². The minimum Gasteiger partial charge on any atom is -0.463 e. The van der Waals surface area contributed by atoms with Gasteiger partial charge in [-0.3, -0.25) is 9.59 Å². The van der Waals surface area contributed by atoms with Gasteiger partial charge in [-0.15, -0.1) is 0 Å². The number of hydrogen-bond acceptors (Lipinski definition) is 4. The van der Waals surface area contributed by atoms with Crippen LogP contribution in [0.25, 0.3) is 0 Å². The van der Waals surface area contributed by atoms with Gasteiger partial charge < -0.3 is 15.0 Å². The number of allylic oxidation sites excluding steroid dienone is 1. The van der Waals surface area contributed by atoms with Crippen molar-refractivity contribution in [2.24, 2.45) is 0 Å². The fourth-order valence-corrected chi connectivity index (χ4v) is 4.27. The van der Waals surface area contributed by atoms with Gasteiger partial charge in [0.1, 0.15) is 0 Å². The third kappa shape index (κ3) is 5.93. The minimum absolute atomic E-state index is 0.0431. The van der Waals surface area contributed by atoms with Gasteiger partial charge in [-0.2, -0.15) is 0 Å². The minimum atomic E-state index is -0.386. The van der Waals surface area contributed by atoms with Crippen molar-refractivity contribution < 1.29 is 19.1 Å². The lowest BCUT2D eigenvalue weighted by Gasteiger charge is -2.34. The summed E-state index contributed by atoms with van der Waals surface area (Å²) in [5.41, 5.74) is 4.63. The third-order valence-electron chi connectivity index (χ3n) is 6.14. The highest BCUT2D eigenvalue weighted by atomic mass is 16.5. The number of benzene rings is 2. The van der Waals surface area contributed by atoms with E-state index in [-0.39, 0.29) is 36.7 Å². The Balaban J connectivity index is 1.86. The van der Waals surface area contributed by atoms with Crippen LogP contribution in [0.15, 0.2) is 59.8 Å². The highest BCUT2D eigenvalue weighted by molar-refractivity contribution is 5.96. The van der Waals surface area contributed by atoms with Crippen LogP contribution >= 0.6 is 0 Å². The molecule has 1 aliphatic heterocycles. The molecule has 0 fully saturated rings. The van der Waals surface area contributed by atoms with Crippen molar-refractivity contribution in [3.63, 3.8) is 0 Å². The van der Waals surface area contributed by atoms with Gasteiger partial charge in [-0.25, -0.2) is 4.79 Å². The van der Waals surface area contributed by atoms with E-state index in [1.165, 1.54) is 0 Å². The molecule has 2 amide bonds. The van der Waals surface area contributed by atoms with Crippen molar-refractivity contribution in [1.82, 2.24) is 10.2 Å². The zero-order chi connectivity index (χ0) is 24.7. The summed E-state index contributed by atoms with van der Waals surface area (Å²) in [4.78, 5) is 40.1. The van der Waals surface area contributed by atoms with Crippen molar-refractivity contribution in [2.75, 3.05) is 13.2 Å². The Labute approximate surface area is 202 Å². The second kappa shape index (κ2) is 11.6. The molecular weight excluding hydrogens is 428 g/mol. The zero-order valence-electron chi connectivity index (χ0n) is 20.5. The fraction of sp³-hybridized carbons (Fsp3) is 0.393. The summed E-state index contributed by atoms with van der Waals surface area (Å²) < 4.78 is 5.37. The van der Waals surface area contributed by atoms with E-state index in [9.17, 15) is 14.4 Å². The quantitative estimate of drug-likeness (QED) is 0.426. The van der Waals surface area contributed by atoms with Gasteiger partial charge in [-0.1, -0.05) is 55.3 Å². The predicted molar refractivity (Wildman–Crippen MR) is 132 cm³/mol. The number of nitrogens with one attached hydrogen (secondary N) is 1. The van der Waals surface area contributed by atoms with E-state index in [0.29, 0.717) is 29.9 Å². The van der Waals surface area contributed by atoms with Crippen LogP contribution in [0.5, 0.6) is 0 Å². The standard InChI is InChI=1S/C28H34N2O4/c1-5-7-15-29-27(32)22-13-11-21(12-14-22)18-30-20(4)26(28(33)34-6-2)24(17-25(30)31)23-10-8-9-19(3)16-23/h8-14,16,24H,5-7,15,17-18H2,1-4H3,(H,29,32)/t24-/m1/s1. The summed E-state index contributed by atoms with van der Waals surface area (Å²) in [7, 11) is 0. The van der Waals surface area contributed by atoms with Crippen molar-refractivity contribution in [2.45, 2.75) is 59.4 Å². The van der Waals surface area contributed by atoms with Gasteiger partial charge in [-0.05, 0) is 50.5 Å². The van der Waals surface area contributed by atoms with Gasteiger partial charge in [0.2, 0.25) is 5.91 Å². The first-order valence-electron chi connectivity index (χ1n) is 12.0. The smallest absolute Gasteiger partial charge is 0.336 e. The molecular formula is C28H34N2O4. The molecule has 2 aromatic carbocycles. The molecule has 0 saturated carbocycles. The topological polar surface area (TPSA) is 75.7 Å². The SMILES string of the molecule is CCCCNC(=O)c1ccc(CN2C(=O)C[C@H](c3cccc(C)c3)C(C(=O)OCC)=C2C)cc1. The Morgan fingerprint density at radius 2 is 1.82 bits per heavy atom. The van der Waals surface area contributed by atoms with Crippen molar-refractivity contribution in [1.29, 1.82) is 0 Å². The van der Waals surface area contributed by atoms with E-state index in [0.717, 1.165) is 29.5 Å². The Kier molecular flexibility index (Phi) is 8.63. The lowest BCUT2D eigenvalue weighted by molar-refractivity contribution is -0.140. The Hall–Kier alpha value is -3.41. The maximum Gasteiger partial charge on any atom is 0.336 e. The number of carbonyl (C=O) groups is 3. The molecule has 1 heterocycles. The molecule has 1 N–H and O–H groups in total. The molecule has 6 heteroatoms. The van der Waals surface area contributed by atoms with E-state index in [2.05, 4.69) is 12.2 Å². The predicted octanol–water partition coefficient (Wildman–Crippen LogP) is 4.88. The van der Waals surface area contributed by atoms with Gasteiger partial charge in [0.05, 0.1) is 18.7 Å². The molecule has 0 radical (unpaired) electrons. The summed E-state index contributed by atoms with van der Waals surface area (Å²) in [6, 6.07) is 15.2. The van der Waals surface area contributed by atoms with Crippen LogP contribution in [0.3, 0.4) is 0 Å². The largest absolute Gasteiger partial charge is 0.463 e. The number of aryl methyl sites for hydroxylation is 1. The zero-order valence-corrected chi connectivity index (χ0v) is 20.5. The first-order valence-corrected chi connectivity index (χ1v) is 12.0. The number of amides is 2. The van der Waals surface area contributed by atoms with Crippen LogP contribution in [-0.2, 0) is 20.9 Å². The number of rotatable bonds is 9. The van der Waals surface area contributed by atoms with Crippen LogP contribution in [0.2, 0.25) is 0 Å². The van der Waals surface area contributed by atoms with Crippen molar-refractivity contribution in [3.8, 4) is 0 Å². The molecule has 0 unspecified atom stereocenters. The second-order valence-electron chi connectivity index (χ2n) is 8.68. The lowest BCUT2D eigenvalue weighted by atomic mass is 9.83. The van der Waals surface area contributed by atoms with Gasteiger partial charge in [0.15, 0.2) is 0 Å². The number of hydrogen-bond donors (Lipinski definition) is 1.